The van der Waals surface area contributed by atoms with Crippen molar-refractivity contribution in [2.75, 3.05) is 18.6 Å². The first-order valence-electron chi connectivity index (χ1n) is 10.3. The maximum absolute atomic E-state index is 4.77. The van der Waals surface area contributed by atoms with Crippen molar-refractivity contribution in [1.82, 2.24) is 40.2 Å². The topological polar surface area (TPSA) is 97.8 Å². The summed E-state index contributed by atoms with van der Waals surface area (Å²) < 4.78 is 4.03. The molecule has 0 saturated heterocycles. The van der Waals surface area contributed by atoms with E-state index in [1.54, 1.807) is 0 Å². The van der Waals surface area contributed by atoms with E-state index < -0.39 is 0 Å². The Balaban J connectivity index is 1.65. The first-order chi connectivity index (χ1) is 14.0. The minimum absolute atomic E-state index is 0.275. The zero-order chi connectivity index (χ0) is 20.8. The van der Waals surface area contributed by atoms with Crippen LogP contribution in [-0.4, -0.2) is 60.1 Å². The van der Waals surface area contributed by atoms with Crippen LogP contribution in [0.3, 0.4) is 0 Å². The monoisotopic (exact) mass is 419 g/mol. The molecule has 0 aromatic carbocycles. The molecule has 0 saturated carbocycles. The van der Waals surface area contributed by atoms with Crippen molar-refractivity contribution >= 4 is 17.7 Å². The molecule has 1 atom stereocenters. The lowest BCUT2D eigenvalue weighted by atomic mass is 10.1. The average Bonchev–Trinajstić information content (AvgIpc) is 3.27. The van der Waals surface area contributed by atoms with Crippen LogP contribution in [0, 0.1) is 6.92 Å². The Bertz CT molecular complexity index is 824. The molecule has 1 aliphatic rings. The number of aromatic nitrogens is 6. The lowest BCUT2D eigenvalue weighted by molar-refractivity contribution is 0.391. The summed E-state index contributed by atoms with van der Waals surface area (Å²) in [6.07, 6.45) is 5.18. The molecule has 3 rings (SSSR count). The van der Waals surface area contributed by atoms with E-state index in [4.69, 9.17) is 4.99 Å². The number of thioether (sulfide) groups is 1. The number of nitrogens with zero attached hydrogens (tertiary/aromatic N) is 7. The Morgan fingerprint density at radius 2 is 2.17 bits per heavy atom. The molecule has 2 aromatic rings. The molecule has 160 valence electrons. The zero-order valence-corrected chi connectivity index (χ0v) is 19.0. The highest BCUT2D eigenvalue weighted by atomic mass is 32.2. The predicted molar refractivity (Wildman–Crippen MR) is 117 cm³/mol. The van der Waals surface area contributed by atoms with Gasteiger partial charge in [-0.15, -0.1) is 10.2 Å². The summed E-state index contributed by atoms with van der Waals surface area (Å²) in [6, 6.07) is 0.275. The predicted octanol–water partition coefficient (Wildman–Crippen LogP) is 1.64. The fourth-order valence-corrected chi connectivity index (χ4v) is 3.63. The smallest absolute Gasteiger partial charge is 0.191 e. The second-order valence-corrected chi connectivity index (χ2v) is 8.75. The minimum atomic E-state index is 0.275. The van der Waals surface area contributed by atoms with Crippen LogP contribution in [0.15, 0.2) is 4.99 Å². The number of hydrogen-bond acceptors (Lipinski definition) is 6. The summed E-state index contributed by atoms with van der Waals surface area (Å²) in [5, 5.41) is 20.1. The molecule has 0 radical (unpaired) electrons. The summed E-state index contributed by atoms with van der Waals surface area (Å²) in [7, 11) is 1.97. The summed E-state index contributed by atoms with van der Waals surface area (Å²) in [6.45, 7) is 8.41. The lowest BCUT2D eigenvalue weighted by Gasteiger charge is -2.25. The molecular weight excluding hydrogens is 386 g/mol. The Labute approximate surface area is 177 Å². The summed E-state index contributed by atoms with van der Waals surface area (Å²) in [4.78, 5) is 9.45. The van der Waals surface area contributed by atoms with E-state index in [1.165, 1.54) is 0 Å². The van der Waals surface area contributed by atoms with E-state index in [9.17, 15) is 0 Å². The molecule has 0 spiro atoms. The normalized spacial score (nSPS) is 16.9. The Morgan fingerprint density at radius 1 is 1.34 bits per heavy atom. The molecule has 9 nitrogen and oxygen atoms in total. The van der Waals surface area contributed by atoms with Gasteiger partial charge in [0, 0.05) is 32.0 Å². The van der Waals surface area contributed by atoms with Gasteiger partial charge in [-0.2, -0.15) is 16.9 Å². The minimum Gasteiger partial charge on any atom is -0.356 e. The van der Waals surface area contributed by atoms with Gasteiger partial charge in [-0.1, -0.05) is 13.8 Å². The van der Waals surface area contributed by atoms with Gasteiger partial charge in [0.05, 0.1) is 6.54 Å². The molecule has 0 fully saturated rings. The van der Waals surface area contributed by atoms with E-state index >= 15 is 0 Å². The molecule has 0 aliphatic carbocycles. The van der Waals surface area contributed by atoms with Crippen LogP contribution in [0.1, 0.15) is 55.9 Å². The van der Waals surface area contributed by atoms with Crippen LogP contribution >= 0.6 is 11.8 Å². The number of aryl methyl sites for hydroxylation is 2. The van der Waals surface area contributed by atoms with Gasteiger partial charge in [0.25, 0.3) is 0 Å². The maximum atomic E-state index is 4.77. The second-order valence-electron chi connectivity index (χ2n) is 7.76. The highest BCUT2D eigenvalue weighted by Gasteiger charge is 2.23. The number of nitrogens with one attached hydrogen (secondary N) is 2. The number of hydrogen-bond donors (Lipinski definition) is 2. The number of aliphatic imine (C=N–C) groups is 1. The number of rotatable bonds is 8. The van der Waals surface area contributed by atoms with E-state index in [-0.39, 0.29) is 6.04 Å². The van der Waals surface area contributed by atoms with Gasteiger partial charge in [0.2, 0.25) is 0 Å². The third-order valence-corrected chi connectivity index (χ3v) is 5.81. The van der Waals surface area contributed by atoms with Crippen molar-refractivity contribution in [3.8, 4) is 0 Å². The SMILES string of the molecule is CSCCCNC(=NCc1nnc(C)n1C)NC1CCc2nc(C(C)C)nn2C1. The third kappa shape index (κ3) is 5.71. The van der Waals surface area contributed by atoms with Gasteiger partial charge in [-0.25, -0.2) is 14.7 Å². The summed E-state index contributed by atoms with van der Waals surface area (Å²) in [5.74, 6) is 6.08. The average molecular weight is 420 g/mol. The molecule has 3 heterocycles. The van der Waals surface area contributed by atoms with E-state index in [1.807, 2.05) is 35.0 Å². The van der Waals surface area contributed by atoms with E-state index in [0.717, 1.165) is 67.4 Å². The van der Waals surface area contributed by atoms with Crippen molar-refractivity contribution in [2.45, 2.75) is 65.1 Å². The van der Waals surface area contributed by atoms with Crippen molar-refractivity contribution in [1.29, 1.82) is 0 Å². The van der Waals surface area contributed by atoms with E-state index in [0.29, 0.717) is 12.5 Å². The van der Waals surface area contributed by atoms with Crippen LogP contribution in [0.2, 0.25) is 0 Å². The van der Waals surface area contributed by atoms with Crippen molar-refractivity contribution in [3.05, 3.63) is 23.3 Å². The van der Waals surface area contributed by atoms with Crippen molar-refractivity contribution in [3.63, 3.8) is 0 Å². The molecule has 1 unspecified atom stereocenters. The molecule has 0 amide bonds. The van der Waals surface area contributed by atoms with Gasteiger partial charge in [0.1, 0.15) is 18.2 Å². The van der Waals surface area contributed by atoms with Crippen LogP contribution in [0.5, 0.6) is 0 Å². The molecule has 10 heteroatoms. The lowest BCUT2D eigenvalue weighted by Crippen LogP contribution is -2.47. The van der Waals surface area contributed by atoms with Gasteiger partial charge in [-0.3, -0.25) is 0 Å². The Morgan fingerprint density at radius 3 is 2.86 bits per heavy atom. The first-order valence-corrected chi connectivity index (χ1v) is 11.7. The highest BCUT2D eigenvalue weighted by molar-refractivity contribution is 7.98. The van der Waals surface area contributed by atoms with Crippen molar-refractivity contribution in [2.24, 2.45) is 12.0 Å². The summed E-state index contributed by atoms with van der Waals surface area (Å²) >= 11 is 1.86. The Kier molecular flexibility index (Phi) is 7.51. The fraction of sp³-hybridized carbons (Fsp3) is 0.737. The van der Waals surface area contributed by atoms with Gasteiger partial charge >= 0.3 is 0 Å². The molecular formula is C19H33N9S. The van der Waals surface area contributed by atoms with E-state index in [2.05, 4.69) is 51.0 Å². The summed E-state index contributed by atoms with van der Waals surface area (Å²) in [5.41, 5.74) is 0. The Hall–Kier alpha value is -2.10. The van der Waals surface area contributed by atoms with Gasteiger partial charge in [-0.05, 0) is 31.8 Å². The second kappa shape index (κ2) is 10.1. The van der Waals surface area contributed by atoms with Gasteiger partial charge < -0.3 is 15.2 Å². The largest absolute Gasteiger partial charge is 0.356 e. The molecule has 2 N–H and O–H groups in total. The maximum Gasteiger partial charge on any atom is 0.191 e. The third-order valence-electron chi connectivity index (χ3n) is 5.11. The highest BCUT2D eigenvalue weighted by Crippen LogP contribution is 2.17. The van der Waals surface area contributed by atoms with Crippen LogP contribution < -0.4 is 10.6 Å². The quantitative estimate of drug-likeness (QED) is 0.381. The molecule has 2 aromatic heterocycles. The van der Waals surface area contributed by atoms with Crippen LogP contribution in [-0.2, 0) is 26.6 Å². The number of guanidine groups is 1. The number of fused-ring (bicyclic) bond motifs is 1. The van der Waals surface area contributed by atoms with Crippen LogP contribution in [0.4, 0.5) is 0 Å². The van der Waals surface area contributed by atoms with Crippen molar-refractivity contribution < 1.29 is 0 Å². The zero-order valence-electron chi connectivity index (χ0n) is 18.1. The van der Waals surface area contributed by atoms with Crippen LogP contribution in [0.25, 0.3) is 0 Å². The van der Waals surface area contributed by atoms with Gasteiger partial charge in [0.15, 0.2) is 17.6 Å². The molecule has 29 heavy (non-hydrogen) atoms. The first kappa shape index (κ1) is 21.6. The fourth-order valence-electron chi connectivity index (χ4n) is 3.20. The standard InChI is InChI=1S/C19H33N9S/c1-13(2)18-23-16-8-7-15(12-28(16)26-18)22-19(20-9-6-10-29-5)21-11-17-25-24-14(3)27(17)4/h13,15H,6-12H2,1-5H3,(H2,20,21,22). The molecule has 1 aliphatic heterocycles. The molecule has 0 bridgehead atoms.